The molecule has 1 aromatic heterocycles. The summed E-state index contributed by atoms with van der Waals surface area (Å²) in [4.78, 5) is 12.6. The second-order valence-electron chi connectivity index (χ2n) is 5.94. The van der Waals surface area contributed by atoms with E-state index in [0.717, 1.165) is 12.1 Å². The van der Waals surface area contributed by atoms with Crippen LogP contribution in [0.2, 0.25) is 5.02 Å². The standard InChI is InChI=1S/C18H9ClF6N2O2/c19-12-7-3-9(4-8-12)13-15(27(28)29)14(26-16(13)18(23,24)25)10-1-5-11(6-2-10)17(20,21)22/h1-8,26H. The fraction of sp³-hybridized carbons (Fsp3) is 0.111. The van der Waals surface area contributed by atoms with Crippen LogP contribution in [0.25, 0.3) is 22.4 Å². The highest BCUT2D eigenvalue weighted by atomic mass is 35.5. The maximum absolute atomic E-state index is 13.6. The van der Waals surface area contributed by atoms with Crippen molar-refractivity contribution in [3.63, 3.8) is 0 Å². The van der Waals surface area contributed by atoms with Crippen molar-refractivity contribution in [2.24, 2.45) is 0 Å². The lowest BCUT2D eigenvalue weighted by molar-refractivity contribution is -0.383. The summed E-state index contributed by atoms with van der Waals surface area (Å²) in [5, 5.41) is 11.8. The molecule has 0 saturated heterocycles. The monoisotopic (exact) mass is 434 g/mol. The molecule has 0 unspecified atom stereocenters. The van der Waals surface area contributed by atoms with Gasteiger partial charge in [0.1, 0.15) is 11.4 Å². The van der Waals surface area contributed by atoms with Crippen molar-refractivity contribution in [2.75, 3.05) is 0 Å². The van der Waals surface area contributed by atoms with Crippen LogP contribution in [0.1, 0.15) is 11.3 Å². The molecule has 29 heavy (non-hydrogen) atoms. The highest BCUT2D eigenvalue weighted by Gasteiger charge is 2.42. The van der Waals surface area contributed by atoms with Crippen LogP contribution in [-0.2, 0) is 12.4 Å². The highest BCUT2D eigenvalue weighted by Crippen LogP contribution is 2.47. The summed E-state index contributed by atoms with van der Waals surface area (Å²) in [5.74, 6) is 0. The van der Waals surface area contributed by atoms with Gasteiger partial charge in [-0.15, -0.1) is 0 Å². The molecule has 1 heterocycles. The molecule has 0 aliphatic rings. The Balaban J connectivity index is 2.28. The van der Waals surface area contributed by atoms with Crippen molar-refractivity contribution in [2.45, 2.75) is 12.4 Å². The Morgan fingerprint density at radius 3 is 1.79 bits per heavy atom. The zero-order valence-electron chi connectivity index (χ0n) is 14.0. The lowest BCUT2D eigenvalue weighted by Gasteiger charge is -2.07. The van der Waals surface area contributed by atoms with E-state index in [-0.39, 0.29) is 16.1 Å². The molecule has 152 valence electrons. The van der Waals surface area contributed by atoms with Gasteiger partial charge in [-0.2, -0.15) is 26.3 Å². The number of nitrogens with zero attached hydrogens (tertiary/aromatic N) is 1. The Bertz CT molecular complexity index is 1050. The molecule has 1 N–H and O–H groups in total. The lowest BCUT2D eigenvalue weighted by atomic mass is 10.0. The number of aromatic nitrogens is 1. The van der Waals surface area contributed by atoms with Crippen LogP contribution in [0.4, 0.5) is 32.0 Å². The zero-order valence-corrected chi connectivity index (χ0v) is 14.8. The molecular weight excluding hydrogens is 426 g/mol. The topological polar surface area (TPSA) is 58.9 Å². The quantitative estimate of drug-likeness (QED) is 0.275. The van der Waals surface area contributed by atoms with E-state index >= 15 is 0 Å². The van der Waals surface area contributed by atoms with Gasteiger partial charge in [0.25, 0.3) is 0 Å². The minimum absolute atomic E-state index is 0.122. The van der Waals surface area contributed by atoms with E-state index < -0.39 is 45.5 Å². The van der Waals surface area contributed by atoms with Gasteiger partial charge in [-0.25, -0.2) is 0 Å². The van der Waals surface area contributed by atoms with Crippen molar-refractivity contribution in [3.8, 4) is 22.4 Å². The third-order valence-electron chi connectivity index (χ3n) is 4.07. The average Bonchev–Trinajstić information content (AvgIpc) is 3.03. The van der Waals surface area contributed by atoms with Crippen molar-refractivity contribution < 1.29 is 31.3 Å². The number of aromatic amines is 1. The average molecular weight is 435 g/mol. The van der Waals surface area contributed by atoms with Crippen molar-refractivity contribution in [1.82, 2.24) is 4.98 Å². The predicted molar refractivity (Wildman–Crippen MR) is 93.3 cm³/mol. The van der Waals surface area contributed by atoms with Gasteiger partial charge in [-0.1, -0.05) is 35.9 Å². The predicted octanol–water partition coefficient (Wildman–Crippen LogP) is 6.95. The molecule has 2 aromatic carbocycles. The largest absolute Gasteiger partial charge is 0.432 e. The molecule has 11 heteroatoms. The number of rotatable bonds is 3. The van der Waals surface area contributed by atoms with Crippen molar-refractivity contribution in [3.05, 3.63) is 74.9 Å². The second kappa shape index (κ2) is 7.11. The SMILES string of the molecule is O=[N+]([O-])c1c(-c2ccc(C(F)(F)F)cc2)[nH]c(C(F)(F)F)c1-c1ccc(Cl)cc1. The summed E-state index contributed by atoms with van der Waals surface area (Å²) in [6, 6.07) is 7.91. The molecule has 0 saturated carbocycles. The summed E-state index contributed by atoms with van der Waals surface area (Å²) in [6.45, 7) is 0. The summed E-state index contributed by atoms with van der Waals surface area (Å²) in [7, 11) is 0. The van der Waals surface area contributed by atoms with Gasteiger partial charge in [-0.05, 0) is 29.8 Å². The summed E-state index contributed by atoms with van der Waals surface area (Å²) >= 11 is 5.73. The van der Waals surface area contributed by atoms with Crippen LogP contribution in [0.5, 0.6) is 0 Å². The van der Waals surface area contributed by atoms with Crippen molar-refractivity contribution >= 4 is 17.3 Å². The lowest BCUT2D eigenvalue weighted by Crippen LogP contribution is -2.07. The summed E-state index contributed by atoms with van der Waals surface area (Å²) in [6.07, 6.45) is -9.64. The molecule has 3 aromatic rings. The summed E-state index contributed by atoms with van der Waals surface area (Å²) < 4.78 is 78.9. The third kappa shape index (κ3) is 4.07. The molecule has 3 rings (SSSR count). The van der Waals surface area contributed by atoms with Gasteiger partial charge in [0.15, 0.2) is 0 Å². The van der Waals surface area contributed by atoms with Gasteiger partial charge in [0, 0.05) is 10.6 Å². The zero-order chi connectivity index (χ0) is 21.6. The van der Waals surface area contributed by atoms with Gasteiger partial charge in [0.05, 0.1) is 16.1 Å². The Hall–Kier alpha value is -3.01. The van der Waals surface area contributed by atoms with Gasteiger partial charge >= 0.3 is 18.0 Å². The van der Waals surface area contributed by atoms with Crippen LogP contribution in [0, 0.1) is 10.1 Å². The minimum atomic E-state index is -4.98. The number of H-pyrrole nitrogens is 1. The van der Waals surface area contributed by atoms with E-state index in [9.17, 15) is 36.5 Å². The molecule has 0 aliphatic carbocycles. The highest BCUT2D eigenvalue weighted by molar-refractivity contribution is 6.30. The molecule has 4 nitrogen and oxygen atoms in total. The number of benzene rings is 2. The van der Waals surface area contributed by atoms with Crippen LogP contribution >= 0.6 is 11.6 Å². The Labute approximate surface area is 163 Å². The first-order chi connectivity index (χ1) is 13.4. The molecular formula is C18H9ClF6N2O2. The second-order valence-corrected chi connectivity index (χ2v) is 6.37. The molecule has 0 aliphatic heterocycles. The number of halogens is 7. The minimum Gasteiger partial charge on any atom is -0.345 e. The van der Waals surface area contributed by atoms with Gasteiger partial charge in [-0.3, -0.25) is 10.1 Å². The number of hydrogen-bond acceptors (Lipinski definition) is 2. The normalized spacial score (nSPS) is 12.2. The third-order valence-corrected chi connectivity index (χ3v) is 4.33. The van der Waals surface area contributed by atoms with E-state index in [1.807, 2.05) is 4.98 Å². The van der Waals surface area contributed by atoms with Crippen LogP contribution in [-0.4, -0.2) is 9.91 Å². The first-order valence-corrected chi connectivity index (χ1v) is 8.18. The van der Waals surface area contributed by atoms with Crippen LogP contribution in [0.3, 0.4) is 0 Å². The number of nitro groups is 1. The molecule has 0 atom stereocenters. The van der Waals surface area contributed by atoms with Crippen LogP contribution in [0.15, 0.2) is 48.5 Å². The Morgan fingerprint density at radius 1 is 0.828 bits per heavy atom. The first-order valence-electron chi connectivity index (χ1n) is 7.80. The maximum Gasteiger partial charge on any atom is 0.432 e. The Morgan fingerprint density at radius 2 is 1.34 bits per heavy atom. The van der Waals surface area contributed by atoms with E-state index in [2.05, 4.69) is 0 Å². The van der Waals surface area contributed by atoms with Crippen molar-refractivity contribution in [1.29, 1.82) is 0 Å². The molecule has 0 fully saturated rings. The molecule has 0 radical (unpaired) electrons. The van der Waals surface area contributed by atoms with Gasteiger partial charge in [0.2, 0.25) is 0 Å². The molecule has 0 spiro atoms. The van der Waals surface area contributed by atoms with E-state index in [1.165, 1.54) is 24.3 Å². The fourth-order valence-electron chi connectivity index (χ4n) is 2.82. The molecule has 0 amide bonds. The fourth-order valence-corrected chi connectivity index (χ4v) is 2.94. The van der Waals surface area contributed by atoms with Crippen LogP contribution < -0.4 is 0 Å². The van der Waals surface area contributed by atoms with E-state index in [0.29, 0.717) is 12.1 Å². The number of alkyl halides is 6. The number of nitrogens with one attached hydrogen (secondary N) is 1. The van der Waals surface area contributed by atoms with Gasteiger partial charge < -0.3 is 4.98 Å². The summed E-state index contributed by atoms with van der Waals surface area (Å²) in [5.41, 5.74) is -4.93. The molecule has 0 bridgehead atoms. The van der Waals surface area contributed by atoms with E-state index in [4.69, 9.17) is 11.6 Å². The van der Waals surface area contributed by atoms with E-state index in [1.54, 1.807) is 0 Å². The first kappa shape index (κ1) is 20.7. The maximum atomic E-state index is 13.6. The smallest absolute Gasteiger partial charge is 0.345 e. The number of hydrogen-bond donors (Lipinski definition) is 1. The Kier molecular flexibility index (Phi) is 5.08.